The Morgan fingerprint density at radius 1 is 1.27 bits per heavy atom. The Kier molecular flexibility index (Phi) is 4.33. The van der Waals surface area contributed by atoms with Crippen LogP contribution >= 0.6 is 0 Å². The van der Waals surface area contributed by atoms with E-state index in [1.54, 1.807) is 13.0 Å². The molecule has 1 aliphatic heterocycles. The average molecular weight is 346 g/mol. The lowest BCUT2D eigenvalue weighted by molar-refractivity contribution is -0.117. The number of hydrogen-bond donors (Lipinski definition) is 1. The molecule has 0 saturated carbocycles. The minimum Gasteiger partial charge on any atom is -0.312 e. The zero-order valence-corrected chi connectivity index (χ0v) is 13.9. The molecule has 1 aromatic rings. The van der Waals surface area contributed by atoms with Crippen LogP contribution in [0.1, 0.15) is 12.0 Å². The van der Waals surface area contributed by atoms with Gasteiger partial charge in [0.2, 0.25) is 15.9 Å². The highest BCUT2D eigenvalue weighted by molar-refractivity contribution is 7.90. The van der Waals surface area contributed by atoms with Crippen molar-refractivity contribution in [3.63, 3.8) is 0 Å². The molecule has 0 radical (unpaired) electrons. The summed E-state index contributed by atoms with van der Waals surface area (Å²) >= 11 is 0. The summed E-state index contributed by atoms with van der Waals surface area (Å²) in [5, 5.41) is 5.02. The maximum atomic E-state index is 12.1. The highest BCUT2D eigenvalue weighted by atomic mass is 32.2. The van der Waals surface area contributed by atoms with E-state index in [-0.39, 0.29) is 35.4 Å². The van der Waals surface area contributed by atoms with Gasteiger partial charge in [-0.15, -0.1) is 0 Å². The summed E-state index contributed by atoms with van der Waals surface area (Å²) in [6.07, 6.45) is 1.18. The number of hydrogen-bond acceptors (Lipinski definition) is 5. The molecule has 1 heterocycles. The van der Waals surface area contributed by atoms with Crippen molar-refractivity contribution < 1.29 is 21.6 Å². The summed E-state index contributed by atoms with van der Waals surface area (Å²) in [7, 11) is -7.04. The van der Waals surface area contributed by atoms with Crippen LogP contribution in [0.3, 0.4) is 0 Å². The minimum atomic E-state index is -3.65. The molecule has 1 aromatic carbocycles. The first-order chi connectivity index (χ1) is 9.97. The first-order valence-corrected chi connectivity index (χ1v) is 10.2. The molecule has 1 atom stereocenters. The van der Waals surface area contributed by atoms with E-state index in [0.29, 0.717) is 5.69 Å². The molecule has 1 amide bonds. The molecule has 1 aliphatic rings. The average Bonchev–Trinajstić information content (AvgIpc) is 2.66. The monoisotopic (exact) mass is 346 g/mol. The Labute approximate surface area is 130 Å². The molecule has 122 valence electrons. The molecule has 22 heavy (non-hydrogen) atoms. The van der Waals surface area contributed by atoms with Gasteiger partial charge in [-0.05, 0) is 24.6 Å². The van der Waals surface area contributed by atoms with Crippen LogP contribution in [0.5, 0.6) is 0 Å². The Hall–Kier alpha value is -1.45. The zero-order chi connectivity index (χ0) is 16.7. The SMILES string of the molecule is Cc1ccc(S(C)(=O)=O)cc1N1CC(CS(N)(=O)=O)CC1=O. The summed E-state index contributed by atoms with van der Waals surface area (Å²) in [4.78, 5) is 13.7. The van der Waals surface area contributed by atoms with Crippen molar-refractivity contribution >= 4 is 31.5 Å². The number of aryl methyl sites for hydroxylation is 1. The highest BCUT2D eigenvalue weighted by Crippen LogP contribution is 2.30. The standard InChI is InChI=1S/C13H18N2O5S2/c1-9-3-4-11(21(2,17)18)6-12(9)15-7-10(5-13(15)16)8-22(14,19)20/h3-4,6,10H,5,7-8H2,1-2H3,(H2,14,19,20). The number of anilines is 1. The first-order valence-electron chi connectivity index (χ1n) is 6.59. The fraction of sp³-hybridized carbons (Fsp3) is 0.462. The van der Waals surface area contributed by atoms with Crippen LogP contribution in [0.4, 0.5) is 5.69 Å². The predicted molar refractivity (Wildman–Crippen MR) is 82.7 cm³/mol. The quantitative estimate of drug-likeness (QED) is 0.826. The van der Waals surface area contributed by atoms with E-state index in [1.165, 1.54) is 17.0 Å². The molecule has 1 saturated heterocycles. The van der Waals surface area contributed by atoms with Gasteiger partial charge < -0.3 is 4.90 Å². The predicted octanol–water partition coefficient (Wildman–Crippen LogP) is 0.0399. The molecule has 2 N–H and O–H groups in total. The largest absolute Gasteiger partial charge is 0.312 e. The molecule has 1 unspecified atom stereocenters. The lowest BCUT2D eigenvalue weighted by atomic mass is 10.1. The second-order valence-electron chi connectivity index (χ2n) is 5.62. The second kappa shape index (κ2) is 5.64. The Morgan fingerprint density at radius 2 is 1.91 bits per heavy atom. The summed E-state index contributed by atoms with van der Waals surface area (Å²) in [6, 6.07) is 4.56. The molecular weight excluding hydrogens is 328 g/mol. The van der Waals surface area contributed by atoms with Gasteiger partial charge in [-0.3, -0.25) is 4.79 Å². The third kappa shape index (κ3) is 3.84. The van der Waals surface area contributed by atoms with Crippen LogP contribution < -0.4 is 10.0 Å². The molecular formula is C13H18N2O5S2. The molecule has 0 spiro atoms. The number of sulfonamides is 1. The van der Waals surface area contributed by atoms with Crippen molar-refractivity contribution in [1.82, 2.24) is 0 Å². The summed E-state index contributed by atoms with van der Waals surface area (Å²) < 4.78 is 45.6. The maximum Gasteiger partial charge on any atom is 0.227 e. The smallest absolute Gasteiger partial charge is 0.227 e. The van der Waals surface area contributed by atoms with Crippen LogP contribution in [-0.4, -0.2) is 41.3 Å². The molecule has 0 bridgehead atoms. The maximum absolute atomic E-state index is 12.1. The van der Waals surface area contributed by atoms with Gasteiger partial charge in [0.1, 0.15) is 0 Å². The number of sulfone groups is 1. The van der Waals surface area contributed by atoms with Crippen LogP contribution in [0.15, 0.2) is 23.1 Å². The minimum absolute atomic E-state index is 0.0823. The van der Waals surface area contributed by atoms with E-state index >= 15 is 0 Å². The van der Waals surface area contributed by atoms with E-state index in [9.17, 15) is 21.6 Å². The molecule has 9 heteroatoms. The lowest BCUT2D eigenvalue weighted by Crippen LogP contribution is -2.28. The van der Waals surface area contributed by atoms with Gasteiger partial charge in [0, 0.05) is 30.8 Å². The number of nitrogens with zero attached hydrogens (tertiary/aromatic N) is 1. The van der Waals surface area contributed by atoms with Gasteiger partial charge >= 0.3 is 0 Å². The van der Waals surface area contributed by atoms with Gasteiger partial charge in [-0.2, -0.15) is 0 Å². The van der Waals surface area contributed by atoms with Crippen molar-refractivity contribution in [3.05, 3.63) is 23.8 Å². The summed E-state index contributed by atoms with van der Waals surface area (Å²) in [5.41, 5.74) is 1.24. The Morgan fingerprint density at radius 3 is 2.45 bits per heavy atom. The van der Waals surface area contributed by atoms with Crippen molar-refractivity contribution in [3.8, 4) is 0 Å². The summed E-state index contributed by atoms with van der Waals surface area (Å²) in [5.74, 6) is -0.883. The normalized spacial score (nSPS) is 19.7. The van der Waals surface area contributed by atoms with Crippen LogP contribution in [-0.2, 0) is 24.7 Å². The number of carbonyl (C=O) groups excluding carboxylic acids is 1. The molecule has 1 fully saturated rings. The van der Waals surface area contributed by atoms with E-state index in [0.717, 1.165) is 11.8 Å². The van der Waals surface area contributed by atoms with Crippen molar-refractivity contribution in [1.29, 1.82) is 0 Å². The van der Waals surface area contributed by atoms with Crippen LogP contribution in [0.2, 0.25) is 0 Å². The van der Waals surface area contributed by atoms with Crippen molar-refractivity contribution in [2.45, 2.75) is 18.2 Å². The number of primary sulfonamides is 1. The number of rotatable bonds is 4. The third-order valence-corrected chi connectivity index (χ3v) is 5.62. The molecule has 0 aliphatic carbocycles. The van der Waals surface area contributed by atoms with Crippen LogP contribution in [0, 0.1) is 12.8 Å². The van der Waals surface area contributed by atoms with Gasteiger partial charge in [0.05, 0.1) is 10.6 Å². The van der Waals surface area contributed by atoms with E-state index in [2.05, 4.69) is 0 Å². The highest BCUT2D eigenvalue weighted by Gasteiger charge is 2.33. The topological polar surface area (TPSA) is 115 Å². The zero-order valence-electron chi connectivity index (χ0n) is 12.3. The number of carbonyl (C=O) groups is 1. The third-order valence-electron chi connectivity index (χ3n) is 3.57. The fourth-order valence-electron chi connectivity index (χ4n) is 2.57. The Balaban J connectivity index is 2.34. The lowest BCUT2D eigenvalue weighted by Gasteiger charge is -2.20. The van der Waals surface area contributed by atoms with Gasteiger partial charge in [-0.25, -0.2) is 22.0 Å². The fourth-order valence-corrected chi connectivity index (χ4v) is 4.09. The summed E-state index contributed by atoms with van der Waals surface area (Å²) in [6.45, 7) is 1.98. The van der Waals surface area contributed by atoms with Gasteiger partial charge in [-0.1, -0.05) is 6.07 Å². The van der Waals surface area contributed by atoms with Gasteiger partial charge in [0.25, 0.3) is 0 Å². The van der Waals surface area contributed by atoms with Crippen molar-refractivity contribution in [2.75, 3.05) is 23.5 Å². The van der Waals surface area contributed by atoms with E-state index in [4.69, 9.17) is 5.14 Å². The number of nitrogens with two attached hydrogens (primary N) is 1. The van der Waals surface area contributed by atoms with Crippen molar-refractivity contribution in [2.24, 2.45) is 11.1 Å². The molecule has 7 nitrogen and oxygen atoms in total. The van der Waals surface area contributed by atoms with E-state index in [1.807, 2.05) is 0 Å². The van der Waals surface area contributed by atoms with Gasteiger partial charge in [0.15, 0.2) is 9.84 Å². The number of amides is 1. The van der Waals surface area contributed by atoms with Crippen LogP contribution in [0.25, 0.3) is 0 Å². The number of benzene rings is 1. The second-order valence-corrected chi connectivity index (χ2v) is 9.30. The molecule has 0 aromatic heterocycles. The van der Waals surface area contributed by atoms with E-state index < -0.39 is 19.9 Å². The Bertz CT molecular complexity index is 815. The first kappa shape index (κ1) is 16.9. The molecule has 2 rings (SSSR count).